The molecule has 0 rings (SSSR count). The summed E-state index contributed by atoms with van der Waals surface area (Å²) in [5.41, 5.74) is -0.251. The van der Waals surface area contributed by atoms with Gasteiger partial charge in [0.2, 0.25) is 5.91 Å². The second-order valence-corrected chi connectivity index (χ2v) is 18.8. The lowest BCUT2D eigenvalue weighted by Crippen LogP contribution is -2.43. The Balaban J connectivity index is 4.41. The maximum atomic E-state index is 12.9. The lowest BCUT2D eigenvalue weighted by molar-refractivity contribution is -0.145. The van der Waals surface area contributed by atoms with Gasteiger partial charge in [-0.25, -0.2) is 4.79 Å². The van der Waals surface area contributed by atoms with Gasteiger partial charge in [-0.1, -0.05) is 207 Å². The van der Waals surface area contributed by atoms with E-state index in [9.17, 15) is 14.4 Å². The van der Waals surface area contributed by atoms with Crippen LogP contribution in [-0.2, 0) is 23.8 Å². The number of hydrogen-bond acceptors (Lipinski definition) is 6. The van der Waals surface area contributed by atoms with E-state index >= 15 is 0 Å². The minimum atomic E-state index is -0.581. The number of ether oxygens (including phenoxy) is 3. The highest BCUT2D eigenvalue weighted by Crippen LogP contribution is 2.18. The lowest BCUT2D eigenvalue weighted by Gasteiger charge is -2.26. The van der Waals surface area contributed by atoms with Crippen LogP contribution in [0.5, 0.6) is 0 Å². The summed E-state index contributed by atoms with van der Waals surface area (Å²) >= 11 is 0. The summed E-state index contributed by atoms with van der Waals surface area (Å²) in [6.45, 7) is 14.2. The summed E-state index contributed by atoms with van der Waals surface area (Å²) in [6.07, 6.45) is 41.2. The van der Waals surface area contributed by atoms with Gasteiger partial charge in [0.25, 0.3) is 0 Å². The van der Waals surface area contributed by atoms with Crippen molar-refractivity contribution in [3.05, 3.63) is 0 Å². The topological polar surface area (TPSA) is 103 Å². The van der Waals surface area contributed by atoms with E-state index in [1.807, 2.05) is 0 Å². The third-order valence-corrected chi connectivity index (χ3v) is 11.6. The number of carbonyl (C=O) groups is 3. The Morgan fingerprint density at radius 1 is 0.508 bits per heavy atom. The van der Waals surface area contributed by atoms with Crippen LogP contribution in [-0.4, -0.2) is 56.0 Å². The molecule has 0 aromatic carbocycles. The second kappa shape index (κ2) is 42.8. The smallest absolute Gasteiger partial charge is 0.407 e. The van der Waals surface area contributed by atoms with E-state index in [0.717, 1.165) is 64.4 Å². The van der Waals surface area contributed by atoms with Crippen molar-refractivity contribution < 1.29 is 28.6 Å². The Kier molecular flexibility index (Phi) is 41.5. The van der Waals surface area contributed by atoms with E-state index in [0.29, 0.717) is 25.3 Å². The summed E-state index contributed by atoms with van der Waals surface area (Å²) in [7, 11) is 0. The molecule has 0 fully saturated rings. The summed E-state index contributed by atoms with van der Waals surface area (Å²) in [5.74, 6) is 0.253. The lowest BCUT2D eigenvalue weighted by atomic mass is 10.0. The largest absolute Gasteiger partial charge is 0.463 e. The number of esters is 1. The molecule has 0 radical (unpaired) electrons. The molecule has 0 aliphatic carbocycles. The molecule has 8 heteroatoms. The molecule has 2 N–H and O–H groups in total. The van der Waals surface area contributed by atoms with Gasteiger partial charge in [0, 0.05) is 26.0 Å². The van der Waals surface area contributed by atoms with Crippen molar-refractivity contribution in [2.75, 3.05) is 26.4 Å². The SMILES string of the molecule is CCCCCCCCCCCCCCCCCC(=O)NC(COC(=O)CCCCCCCCCCCCCCCCC)COC(=O)NCCCC(C)(C)OCCC(C)C. The summed E-state index contributed by atoms with van der Waals surface area (Å²) < 4.78 is 17.1. The second-order valence-electron chi connectivity index (χ2n) is 18.8. The minimum Gasteiger partial charge on any atom is -0.463 e. The van der Waals surface area contributed by atoms with Gasteiger partial charge in [0.05, 0.1) is 11.6 Å². The highest BCUT2D eigenvalue weighted by Gasteiger charge is 2.20. The van der Waals surface area contributed by atoms with E-state index < -0.39 is 12.1 Å². The summed E-state index contributed by atoms with van der Waals surface area (Å²) in [6, 6.07) is -0.581. The zero-order chi connectivity index (χ0) is 43.5. The van der Waals surface area contributed by atoms with Crippen LogP contribution in [0.2, 0.25) is 0 Å². The van der Waals surface area contributed by atoms with Crippen LogP contribution in [0.15, 0.2) is 0 Å². The fraction of sp³-hybridized carbons (Fsp3) is 0.941. The van der Waals surface area contributed by atoms with Crippen molar-refractivity contribution in [1.29, 1.82) is 0 Å². The van der Waals surface area contributed by atoms with E-state index in [-0.39, 0.29) is 30.7 Å². The van der Waals surface area contributed by atoms with Gasteiger partial charge in [-0.2, -0.15) is 0 Å². The number of unbranched alkanes of at least 4 members (excludes halogenated alkanes) is 28. The Labute approximate surface area is 366 Å². The highest BCUT2D eigenvalue weighted by molar-refractivity contribution is 5.76. The number of rotatable bonds is 45. The Morgan fingerprint density at radius 2 is 0.898 bits per heavy atom. The van der Waals surface area contributed by atoms with Crippen LogP contribution in [0.4, 0.5) is 4.79 Å². The maximum absolute atomic E-state index is 12.9. The number of hydrogen-bond donors (Lipinski definition) is 2. The molecule has 0 aromatic heterocycles. The molecule has 0 saturated heterocycles. The van der Waals surface area contributed by atoms with Gasteiger partial charge in [-0.15, -0.1) is 0 Å². The molecule has 0 aromatic rings. The van der Waals surface area contributed by atoms with Gasteiger partial charge in [0.15, 0.2) is 0 Å². The van der Waals surface area contributed by atoms with Crippen LogP contribution >= 0.6 is 0 Å². The zero-order valence-electron chi connectivity index (χ0n) is 40.2. The van der Waals surface area contributed by atoms with Crippen molar-refractivity contribution in [3.8, 4) is 0 Å². The first-order chi connectivity index (χ1) is 28.6. The minimum absolute atomic E-state index is 0.00262. The van der Waals surface area contributed by atoms with Crippen molar-refractivity contribution in [2.45, 2.75) is 278 Å². The third-order valence-electron chi connectivity index (χ3n) is 11.6. The Hall–Kier alpha value is -1.83. The van der Waals surface area contributed by atoms with E-state index in [4.69, 9.17) is 14.2 Å². The molecular weight excluding hydrogens is 737 g/mol. The predicted molar refractivity (Wildman–Crippen MR) is 250 cm³/mol. The van der Waals surface area contributed by atoms with Gasteiger partial charge in [-0.3, -0.25) is 9.59 Å². The van der Waals surface area contributed by atoms with Crippen molar-refractivity contribution in [2.24, 2.45) is 5.92 Å². The Bertz CT molecular complexity index is 941. The number of amides is 2. The Morgan fingerprint density at radius 3 is 1.32 bits per heavy atom. The molecular formula is C51H100N2O6. The third kappa shape index (κ3) is 44.0. The van der Waals surface area contributed by atoms with Gasteiger partial charge in [-0.05, 0) is 51.9 Å². The number of alkyl carbamates (subject to hydrolysis) is 1. The molecule has 350 valence electrons. The molecule has 1 atom stereocenters. The molecule has 59 heavy (non-hydrogen) atoms. The molecule has 0 saturated carbocycles. The van der Waals surface area contributed by atoms with Gasteiger partial charge >= 0.3 is 12.1 Å². The van der Waals surface area contributed by atoms with Crippen LogP contribution < -0.4 is 10.6 Å². The first kappa shape index (κ1) is 57.2. The van der Waals surface area contributed by atoms with E-state index in [2.05, 4.69) is 52.2 Å². The molecule has 0 heterocycles. The summed E-state index contributed by atoms with van der Waals surface area (Å²) in [5, 5.41) is 5.80. The molecule has 0 spiro atoms. The van der Waals surface area contributed by atoms with Crippen molar-refractivity contribution in [3.63, 3.8) is 0 Å². The number of nitrogens with one attached hydrogen (secondary N) is 2. The molecule has 1 unspecified atom stereocenters. The van der Waals surface area contributed by atoms with Crippen LogP contribution in [0.1, 0.15) is 266 Å². The van der Waals surface area contributed by atoms with E-state index in [1.54, 1.807) is 0 Å². The maximum Gasteiger partial charge on any atom is 0.407 e. The average molecular weight is 837 g/mol. The standard InChI is InChI=1S/C51H100N2O6/c1-7-9-11-13-15-17-19-21-23-25-27-29-31-33-35-38-48(54)53-47(45-58-50(56)52-42-37-41-51(5,6)59-43-40-46(3)4)44-57-49(55)39-36-34-32-30-28-26-24-22-20-18-16-14-12-10-8-2/h46-47H,7-45H2,1-6H3,(H,52,56)(H,53,54). The van der Waals surface area contributed by atoms with Crippen molar-refractivity contribution in [1.82, 2.24) is 10.6 Å². The van der Waals surface area contributed by atoms with E-state index in [1.165, 1.54) is 154 Å². The molecule has 0 bridgehead atoms. The normalized spacial score (nSPS) is 12.2. The quantitative estimate of drug-likeness (QED) is 0.0468. The van der Waals surface area contributed by atoms with Crippen LogP contribution in [0, 0.1) is 5.92 Å². The zero-order valence-corrected chi connectivity index (χ0v) is 40.2. The number of carbonyl (C=O) groups excluding carboxylic acids is 3. The highest BCUT2D eigenvalue weighted by atomic mass is 16.6. The summed E-state index contributed by atoms with van der Waals surface area (Å²) in [4.78, 5) is 38.1. The fourth-order valence-corrected chi connectivity index (χ4v) is 7.57. The average Bonchev–Trinajstić information content (AvgIpc) is 3.20. The van der Waals surface area contributed by atoms with Crippen LogP contribution in [0.3, 0.4) is 0 Å². The predicted octanol–water partition coefficient (Wildman–Crippen LogP) is 14.9. The molecule has 8 nitrogen and oxygen atoms in total. The molecule has 0 aliphatic rings. The van der Waals surface area contributed by atoms with Crippen molar-refractivity contribution >= 4 is 18.0 Å². The molecule has 0 aliphatic heterocycles. The first-order valence-electron chi connectivity index (χ1n) is 25.6. The fourth-order valence-electron chi connectivity index (χ4n) is 7.57. The van der Waals surface area contributed by atoms with Gasteiger partial charge < -0.3 is 24.8 Å². The monoisotopic (exact) mass is 837 g/mol. The first-order valence-corrected chi connectivity index (χ1v) is 25.6. The van der Waals surface area contributed by atoms with Crippen LogP contribution in [0.25, 0.3) is 0 Å². The van der Waals surface area contributed by atoms with Gasteiger partial charge in [0.1, 0.15) is 13.2 Å². The molecule has 2 amide bonds.